The lowest BCUT2D eigenvalue weighted by Gasteiger charge is -2.15. The lowest BCUT2D eigenvalue weighted by atomic mass is 10.1. The van der Waals surface area contributed by atoms with Crippen molar-refractivity contribution >= 4 is 44.6 Å². The first-order valence-corrected chi connectivity index (χ1v) is 11.0. The van der Waals surface area contributed by atoms with Crippen molar-refractivity contribution in [1.82, 2.24) is 19.9 Å². The molecule has 0 aliphatic rings. The van der Waals surface area contributed by atoms with Crippen LogP contribution in [0.4, 0.5) is 5.82 Å². The summed E-state index contributed by atoms with van der Waals surface area (Å²) in [6, 6.07) is 7.87. The van der Waals surface area contributed by atoms with Crippen LogP contribution in [0.25, 0.3) is 10.2 Å². The van der Waals surface area contributed by atoms with Gasteiger partial charge in [0.25, 0.3) is 5.91 Å². The summed E-state index contributed by atoms with van der Waals surface area (Å²) in [5.74, 6) is 1.49. The lowest BCUT2D eigenvalue weighted by molar-refractivity contribution is 0.0789. The summed E-state index contributed by atoms with van der Waals surface area (Å²) in [4.78, 5) is 29.3. The van der Waals surface area contributed by atoms with Crippen molar-refractivity contribution in [1.29, 1.82) is 0 Å². The molecule has 154 valence electrons. The Morgan fingerprint density at radius 1 is 1.27 bits per heavy atom. The van der Waals surface area contributed by atoms with Crippen LogP contribution in [0, 0.1) is 6.92 Å². The summed E-state index contributed by atoms with van der Waals surface area (Å²) in [5, 5.41) is 7.08. The Balaban J connectivity index is 1.58. The average molecular weight is 440 g/mol. The number of thiazole rings is 1. The van der Waals surface area contributed by atoms with Crippen molar-refractivity contribution in [3.8, 4) is 5.75 Å². The maximum atomic E-state index is 13.1. The Morgan fingerprint density at radius 3 is 2.90 bits per heavy atom. The van der Waals surface area contributed by atoms with Crippen LogP contribution >= 0.6 is 22.7 Å². The summed E-state index contributed by atoms with van der Waals surface area (Å²) in [5.41, 5.74) is 1.97. The minimum absolute atomic E-state index is 0.0376. The number of carbonyl (C=O) groups excluding carboxylic acids is 1. The summed E-state index contributed by atoms with van der Waals surface area (Å²) >= 11 is 2.94. The van der Waals surface area contributed by atoms with Crippen LogP contribution in [0.1, 0.15) is 25.8 Å². The highest BCUT2D eigenvalue weighted by Crippen LogP contribution is 2.34. The third kappa shape index (κ3) is 4.12. The highest BCUT2D eigenvalue weighted by atomic mass is 32.1. The summed E-state index contributed by atoms with van der Waals surface area (Å²) in [6.45, 7) is 3.02. The first kappa shape index (κ1) is 20.2. The van der Waals surface area contributed by atoms with E-state index in [0.717, 1.165) is 37.9 Å². The maximum absolute atomic E-state index is 13.1. The van der Waals surface area contributed by atoms with E-state index in [1.54, 1.807) is 25.3 Å². The van der Waals surface area contributed by atoms with Crippen LogP contribution in [0.2, 0.25) is 0 Å². The van der Waals surface area contributed by atoms with Gasteiger partial charge in [0, 0.05) is 25.2 Å². The molecule has 0 aliphatic carbocycles. The van der Waals surface area contributed by atoms with Crippen molar-refractivity contribution in [2.75, 3.05) is 19.5 Å². The molecule has 0 radical (unpaired) electrons. The number of aromatic nitrogens is 3. The summed E-state index contributed by atoms with van der Waals surface area (Å²) < 4.78 is 5.29. The average Bonchev–Trinajstić information content (AvgIpc) is 3.40. The molecule has 4 aromatic rings. The van der Waals surface area contributed by atoms with Gasteiger partial charge < -0.3 is 15.0 Å². The smallest absolute Gasteiger partial charge is 0.264 e. The number of aryl methyl sites for hydroxylation is 1. The van der Waals surface area contributed by atoms with E-state index < -0.39 is 0 Å². The Labute approximate surface area is 182 Å². The molecule has 0 bridgehead atoms. The molecule has 0 spiro atoms. The fraction of sp³-hybridized carbons (Fsp3) is 0.238. The minimum atomic E-state index is -0.0376. The van der Waals surface area contributed by atoms with Gasteiger partial charge in [-0.05, 0) is 30.2 Å². The number of benzene rings is 1. The van der Waals surface area contributed by atoms with Gasteiger partial charge in [0.15, 0.2) is 0 Å². The predicted molar refractivity (Wildman–Crippen MR) is 120 cm³/mol. The summed E-state index contributed by atoms with van der Waals surface area (Å²) in [6.07, 6.45) is 3.28. The van der Waals surface area contributed by atoms with E-state index in [4.69, 9.17) is 4.74 Å². The highest BCUT2D eigenvalue weighted by molar-refractivity contribution is 7.20. The van der Waals surface area contributed by atoms with Crippen molar-refractivity contribution in [2.45, 2.75) is 20.0 Å². The zero-order chi connectivity index (χ0) is 21.1. The van der Waals surface area contributed by atoms with Gasteiger partial charge in [-0.25, -0.2) is 15.0 Å². The monoisotopic (exact) mass is 439 g/mol. The number of ether oxygens (including phenoxy) is 1. The molecule has 3 heterocycles. The number of anilines is 1. The van der Waals surface area contributed by atoms with Crippen LogP contribution in [0.3, 0.4) is 0 Å². The second kappa shape index (κ2) is 8.76. The molecule has 30 heavy (non-hydrogen) atoms. The molecule has 1 N–H and O–H groups in total. The number of nitrogens with one attached hydrogen (secondary N) is 1. The zero-order valence-electron chi connectivity index (χ0n) is 16.9. The zero-order valence-corrected chi connectivity index (χ0v) is 18.5. The molecule has 0 saturated heterocycles. The van der Waals surface area contributed by atoms with Gasteiger partial charge in [-0.15, -0.1) is 22.7 Å². The van der Waals surface area contributed by atoms with E-state index in [1.165, 1.54) is 29.0 Å². The Hall–Kier alpha value is -3.04. The summed E-state index contributed by atoms with van der Waals surface area (Å²) in [7, 11) is 3.44. The quantitative estimate of drug-likeness (QED) is 0.461. The fourth-order valence-electron chi connectivity index (χ4n) is 3.16. The van der Waals surface area contributed by atoms with E-state index in [1.807, 2.05) is 36.6 Å². The fourth-order valence-corrected chi connectivity index (χ4v) is 4.97. The third-order valence-corrected chi connectivity index (χ3v) is 6.67. The lowest BCUT2D eigenvalue weighted by Crippen LogP contribution is -2.25. The number of thiophene rings is 1. The van der Waals surface area contributed by atoms with Gasteiger partial charge in [-0.3, -0.25) is 4.79 Å². The molecule has 0 saturated carbocycles. The number of rotatable bonds is 7. The molecule has 1 amide bonds. The normalized spacial score (nSPS) is 10.9. The molecule has 3 aromatic heterocycles. The number of hydrogen-bond acceptors (Lipinski definition) is 8. The minimum Gasteiger partial charge on any atom is -0.497 e. The molecule has 0 unspecified atom stereocenters. The van der Waals surface area contributed by atoms with Crippen LogP contribution in [0.15, 0.2) is 42.2 Å². The van der Waals surface area contributed by atoms with Crippen molar-refractivity contribution in [3.05, 3.63) is 63.2 Å². The Morgan fingerprint density at radius 2 is 2.13 bits per heavy atom. The number of nitrogens with zero attached hydrogens (tertiary/aromatic N) is 4. The largest absolute Gasteiger partial charge is 0.497 e. The van der Waals surface area contributed by atoms with Crippen molar-refractivity contribution in [2.24, 2.45) is 0 Å². The highest BCUT2D eigenvalue weighted by Gasteiger charge is 2.22. The van der Waals surface area contributed by atoms with Crippen molar-refractivity contribution < 1.29 is 9.53 Å². The molecule has 0 atom stereocenters. The number of amides is 1. The standard InChI is InChI=1S/C21H21N5O2S2/c1-13-17-19(23-10-14-5-4-6-15(9-14)28-3)24-12-25-20(17)30-18(13)21(27)26(2)11-16-22-7-8-29-16/h4-9,12H,10-11H2,1-3H3,(H,23,24,25). The number of carbonyl (C=O) groups is 1. The topological polar surface area (TPSA) is 80.2 Å². The number of fused-ring (bicyclic) bond motifs is 1. The van der Waals surface area contributed by atoms with Crippen LogP contribution in [-0.4, -0.2) is 39.9 Å². The van der Waals surface area contributed by atoms with Crippen LogP contribution in [-0.2, 0) is 13.1 Å². The molecule has 7 nitrogen and oxygen atoms in total. The van der Waals surface area contributed by atoms with Gasteiger partial charge in [0.1, 0.15) is 27.7 Å². The SMILES string of the molecule is COc1cccc(CNc2ncnc3sc(C(=O)N(C)Cc4nccs4)c(C)c23)c1. The Kier molecular flexibility index (Phi) is 5.91. The van der Waals surface area contributed by atoms with Gasteiger partial charge in [-0.2, -0.15) is 0 Å². The predicted octanol–water partition coefficient (Wildman–Crippen LogP) is 4.35. The first-order valence-electron chi connectivity index (χ1n) is 9.31. The molecule has 0 fully saturated rings. The van der Waals surface area contributed by atoms with Gasteiger partial charge in [0.05, 0.1) is 23.9 Å². The number of hydrogen-bond donors (Lipinski definition) is 1. The molecule has 4 rings (SSSR count). The molecular weight excluding hydrogens is 418 g/mol. The molecular formula is C21H21N5O2S2. The second-order valence-corrected chi connectivity index (χ2v) is 8.73. The molecule has 9 heteroatoms. The van der Waals surface area contributed by atoms with E-state index in [0.29, 0.717) is 18.0 Å². The van der Waals surface area contributed by atoms with Gasteiger partial charge in [-0.1, -0.05) is 12.1 Å². The first-order chi connectivity index (χ1) is 14.6. The Bertz CT molecular complexity index is 1170. The molecule has 1 aromatic carbocycles. The third-order valence-electron chi connectivity index (χ3n) is 4.72. The van der Waals surface area contributed by atoms with Gasteiger partial charge >= 0.3 is 0 Å². The van der Waals surface area contributed by atoms with Crippen LogP contribution in [0.5, 0.6) is 5.75 Å². The number of methoxy groups -OCH3 is 1. The van der Waals surface area contributed by atoms with Crippen molar-refractivity contribution in [3.63, 3.8) is 0 Å². The van der Waals surface area contributed by atoms with E-state index in [-0.39, 0.29) is 5.91 Å². The van der Waals surface area contributed by atoms with E-state index in [9.17, 15) is 4.79 Å². The second-order valence-electron chi connectivity index (χ2n) is 6.75. The van der Waals surface area contributed by atoms with Crippen LogP contribution < -0.4 is 10.1 Å². The van der Waals surface area contributed by atoms with E-state index in [2.05, 4.69) is 20.3 Å². The van der Waals surface area contributed by atoms with E-state index >= 15 is 0 Å². The maximum Gasteiger partial charge on any atom is 0.264 e. The van der Waals surface area contributed by atoms with Gasteiger partial charge in [0.2, 0.25) is 0 Å². The molecule has 0 aliphatic heterocycles.